The second-order valence-corrected chi connectivity index (χ2v) is 12.1. The van der Waals surface area contributed by atoms with Crippen molar-refractivity contribution in [2.45, 2.75) is 70.9 Å². The summed E-state index contributed by atoms with van der Waals surface area (Å²) in [5.41, 5.74) is 8.09. The number of piperazine rings is 1. The standard InChI is InChI=1S/C30H44N4O4/c1-4-11-32-12-14-33(15-13-32)21-9-10-22(29(31)36)23(16-21)26(20-7-5-6-8-20)30(37)34-17-24(19(2)3)28-27(34)25(35)18-38-28/h9-10,16,19-20,24,26-28H,4-8,11-15,17-18H2,1-3H3,(H2,31,36)/t24-,26+,27-,28-/m1/s1. The molecule has 8 nitrogen and oxygen atoms in total. The Bertz CT molecular complexity index is 1040. The van der Waals surface area contributed by atoms with Gasteiger partial charge in [-0.05, 0) is 61.4 Å². The molecule has 5 rings (SSSR count). The van der Waals surface area contributed by atoms with E-state index in [1.54, 1.807) is 4.90 Å². The van der Waals surface area contributed by atoms with Gasteiger partial charge in [0.1, 0.15) is 12.6 Å². The summed E-state index contributed by atoms with van der Waals surface area (Å²) in [6, 6.07) is 5.32. The Hall–Kier alpha value is -2.45. The Morgan fingerprint density at radius 1 is 1.11 bits per heavy atom. The molecule has 0 radical (unpaired) electrons. The number of amides is 2. The minimum atomic E-state index is -0.523. The Balaban J connectivity index is 1.50. The third kappa shape index (κ3) is 5.09. The van der Waals surface area contributed by atoms with Crippen LogP contribution in [0.2, 0.25) is 0 Å². The van der Waals surface area contributed by atoms with Crippen molar-refractivity contribution < 1.29 is 19.1 Å². The highest BCUT2D eigenvalue weighted by molar-refractivity contribution is 5.99. The van der Waals surface area contributed by atoms with E-state index in [0.717, 1.165) is 76.1 Å². The lowest BCUT2D eigenvalue weighted by Gasteiger charge is -2.37. The molecule has 208 valence electrons. The van der Waals surface area contributed by atoms with Gasteiger partial charge in [-0.25, -0.2) is 0 Å². The number of benzene rings is 1. The van der Waals surface area contributed by atoms with Crippen LogP contribution in [0, 0.1) is 17.8 Å². The number of ketones is 1. The number of rotatable bonds is 8. The molecule has 3 heterocycles. The monoisotopic (exact) mass is 524 g/mol. The zero-order valence-electron chi connectivity index (χ0n) is 23.2. The van der Waals surface area contributed by atoms with Gasteiger partial charge in [-0.1, -0.05) is 33.6 Å². The van der Waals surface area contributed by atoms with Crippen molar-refractivity contribution in [2.24, 2.45) is 23.5 Å². The van der Waals surface area contributed by atoms with Gasteiger partial charge >= 0.3 is 0 Å². The normalized spacial score (nSPS) is 27.4. The number of nitrogens with two attached hydrogens (primary N) is 1. The van der Waals surface area contributed by atoms with Crippen LogP contribution in [0.15, 0.2) is 18.2 Å². The lowest BCUT2D eigenvalue weighted by Crippen LogP contribution is -2.47. The average Bonchev–Trinajstić information content (AvgIpc) is 3.64. The summed E-state index contributed by atoms with van der Waals surface area (Å²) in [5.74, 6) is -0.484. The summed E-state index contributed by atoms with van der Waals surface area (Å²) < 4.78 is 5.91. The number of Topliss-reactive ketones (excluding diaryl/α,β-unsaturated/α-hetero) is 1. The van der Waals surface area contributed by atoms with Crippen LogP contribution in [-0.2, 0) is 14.3 Å². The topological polar surface area (TPSA) is 96.2 Å². The summed E-state index contributed by atoms with van der Waals surface area (Å²) in [7, 11) is 0. The van der Waals surface area contributed by atoms with Crippen LogP contribution in [0.4, 0.5) is 5.69 Å². The summed E-state index contributed by atoms with van der Waals surface area (Å²) >= 11 is 0. The minimum absolute atomic E-state index is 0.00880. The zero-order valence-corrected chi connectivity index (χ0v) is 23.2. The maximum Gasteiger partial charge on any atom is 0.249 e. The predicted molar refractivity (Wildman–Crippen MR) is 147 cm³/mol. The quantitative estimate of drug-likeness (QED) is 0.562. The van der Waals surface area contributed by atoms with Crippen molar-refractivity contribution in [3.05, 3.63) is 29.3 Å². The van der Waals surface area contributed by atoms with Gasteiger partial charge in [-0.2, -0.15) is 0 Å². The van der Waals surface area contributed by atoms with Crippen molar-refractivity contribution in [1.29, 1.82) is 0 Å². The van der Waals surface area contributed by atoms with Gasteiger partial charge in [0.15, 0.2) is 5.78 Å². The van der Waals surface area contributed by atoms with E-state index in [9.17, 15) is 14.4 Å². The van der Waals surface area contributed by atoms with E-state index in [0.29, 0.717) is 18.0 Å². The number of fused-ring (bicyclic) bond motifs is 1. The highest BCUT2D eigenvalue weighted by atomic mass is 16.5. The van der Waals surface area contributed by atoms with Crippen LogP contribution in [0.25, 0.3) is 0 Å². The molecular weight excluding hydrogens is 480 g/mol. The van der Waals surface area contributed by atoms with Gasteiger partial charge in [0.05, 0.1) is 12.0 Å². The highest BCUT2D eigenvalue weighted by Gasteiger charge is 2.54. The summed E-state index contributed by atoms with van der Waals surface area (Å²) in [5, 5.41) is 0. The fourth-order valence-electron chi connectivity index (χ4n) is 7.34. The van der Waals surface area contributed by atoms with Crippen LogP contribution in [0.3, 0.4) is 0 Å². The van der Waals surface area contributed by atoms with Gasteiger partial charge in [-0.3, -0.25) is 19.3 Å². The molecule has 38 heavy (non-hydrogen) atoms. The van der Waals surface area contributed by atoms with Crippen molar-refractivity contribution in [3.8, 4) is 0 Å². The number of likely N-dealkylation sites (tertiary alicyclic amines) is 1. The number of carbonyl (C=O) groups excluding carboxylic acids is 3. The van der Waals surface area contributed by atoms with Crippen LogP contribution in [0.5, 0.6) is 0 Å². The SMILES string of the molecule is CCCN1CCN(c2ccc(C(N)=O)c([C@@H](C(=O)N3C[C@H](C(C)C)[C@H]4OCC(=O)[C@H]43)C3CCCC3)c2)CC1. The maximum absolute atomic E-state index is 14.5. The molecule has 3 aliphatic heterocycles. The largest absolute Gasteiger partial charge is 0.369 e. The molecule has 0 aromatic heterocycles. The molecule has 0 spiro atoms. The lowest BCUT2D eigenvalue weighted by molar-refractivity contribution is -0.138. The molecular formula is C30H44N4O4. The molecule has 1 saturated carbocycles. The van der Waals surface area contributed by atoms with Crippen molar-refractivity contribution in [2.75, 3.05) is 50.8 Å². The van der Waals surface area contributed by atoms with Crippen LogP contribution in [-0.4, -0.2) is 85.4 Å². The molecule has 4 fully saturated rings. The third-order valence-electron chi connectivity index (χ3n) is 9.41. The maximum atomic E-state index is 14.5. The zero-order chi connectivity index (χ0) is 27.0. The molecule has 2 amide bonds. The van der Waals surface area contributed by atoms with E-state index in [-0.39, 0.29) is 36.2 Å². The summed E-state index contributed by atoms with van der Waals surface area (Å²) in [4.78, 5) is 46.7. The molecule has 4 aliphatic rings. The minimum Gasteiger partial charge on any atom is -0.369 e. The molecule has 2 N–H and O–H groups in total. The van der Waals surface area contributed by atoms with E-state index in [4.69, 9.17) is 10.5 Å². The Kier molecular flexibility index (Phi) is 8.10. The molecule has 1 aromatic carbocycles. The van der Waals surface area contributed by atoms with E-state index < -0.39 is 17.9 Å². The van der Waals surface area contributed by atoms with Crippen molar-refractivity contribution >= 4 is 23.3 Å². The lowest BCUT2D eigenvalue weighted by atomic mass is 9.80. The van der Waals surface area contributed by atoms with Crippen LogP contribution < -0.4 is 10.6 Å². The summed E-state index contributed by atoms with van der Waals surface area (Å²) in [6.07, 6.45) is 4.93. The summed E-state index contributed by atoms with van der Waals surface area (Å²) in [6.45, 7) is 12.0. The first kappa shape index (κ1) is 27.1. The molecule has 1 aliphatic carbocycles. The number of anilines is 1. The van der Waals surface area contributed by atoms with E-state index >= 15 is 0 Å². The molecule has 8 heteroatoms. The third-order valence-corrected chi connectivity index (χ3v) is 9.41. The molecule has 1 aromatic rings. The second-order valence-electron chi connectivity index (χ2n) is 12.1. The number of primary amides is 1. The number of hydrogen-bond donors (Lipinski definition) is 1. The van der Waals surface area contributed by atoms with E-state index in [1.807, 2.05) is 12.1 Å². The van der Waals surface area contributed by atoms with Gasteiger partial charge < -0.3 is 20.3 Å². The first-order valence-corrected chi connectivity index (χ1v) is 14.7. The van der Waals surface area contributed by atoms with Crippen molar-refractivity contribution in [1.82, 2.24) is 9.80 Å². The van der Waals surface area contributed by atoms with E-state index in [2.05, 4.69) is 36.6 Å². The predicted octanol–water partition coefficient (Wildman–Crippen LogP) is 3.04. The smallest absolute Gasteiger partial charge is 0.249 e. The number of hydrogen-bond acceptors (Lipinski definition) is 6. The molecule has 0 unspecified atom stereocenters. The van der Waals surface area contributed by atoms with Crippen molar-refractivity contribution in [3.63, 3.8) is 0 Å². The fraction of sp³-hybridized carbons (Fsp3) is 0.700. The Labute approximate surface area is 226 Å². The van der Waals surface area contributed by atoms with Gasteiger partial charge in [0, 0.05) is 49.9 Å². The number of ether oxygens (including phenoxy) is 1. The number of nitrogens with zero attached hydrogens (tertiary/aromatic N) is 3. The molecule has 0 bridgehead atoms. The second kappa shape index (κ2) is 11.3. The first-order valence-electron chi connectivity index (χ1n) is 14.7. The number of carbonyl (C=O) groups is 3. The van der Waals surface area contributed by atoms with E-state index in [1.165, 1.54) is 0 Å². The first-order chi connectivity index (χ1) is 18.3. The van der Waals surface area contributed by atoms with Gasteiger partial charge in [0.2, 0.25) is 11.8 Å². The average molecular weight is 525 g/mol. The highest BCUT2D eigenvalue weighted by Crippen LogP contribution is 2.44. The molecule has 4 atom stereocenters. The van der Waals surface area contributed by atoms with Gasteiger partial charge in [-0.15, -0.1) is 0 Å². The Morgan fingerprint density at radius 3 is 2.45 bits per heavy atom. The molecule has 3 saturated heterocycles. The van der Waals surface area contributed by atoms with Crippen LogP contribution in [0.1, 0.15) is 74.7 Å². The van der Waals surface area contributed by atoms with Crippen LogP contribution >= 0.6 is 0 Å². The van der Waals surface area contributed by atoms with Gasteiger partial charge in [0.25, 0.3) is 0 Å². The Morgan fingerprint density at radius 2 is 1.82 bits per heavy atom. The fourth-order valence-corrected chi connectivity index (χ4v) is 7.34.